The van der Waals surface area contributed by atoms with Crippen molar-refractivity contribution in [2.24, 2.45) is 0 Å². The first-order chi connectivity index (χ1) is 8.13. The van der Waals surface area contributed by atoms with Crippen LogP contribution in [0.3, 0.4) is 0 Å². The highest BCUT2D eigenvalue weighted by Crippen LogP contribution is 2.09. The topological polar surface area (TPSA) is 87.7 Å². The van der Waals surface area contributed by atoms with Crippen molar-refractivity contribution < 1.29 is 19.4 Å². The number of carboxylic acid groups (broad SMARTS) is 1. The molecule has 0 aliphatic carbocycles. The number of carbonyl (C=O) groups is 2. The maximum absolute atomic E-state index is 11.3. The van der Waals surface area contributed by atoms with E-state index in [0.29, 0.717) is 18.8 Å². The van der Waals surface area contributed by atoms with Crippen LogP contribution in [0.25, 0.3) is 0 Å². The van der Waals surface area contributed by atoms with Crippen LogP contribution in [0.1, 0.15) is 10.4 Å². The van der Waals surface area contributed by atoms with E-state index in [1.54, 1.807) is 7.11 Å². The molecule has 3 N–H and O–H groups in total. The molecule has 6 nitrogen and oxygen atoms in total. The minimum absolute atomic E-state index is 0.176. The summed E-state index contributed by atoms with van der Waals surface area (Å²) < 4.78 is 4.78. The molecule has 1 aromatic rings. The second kappa shape index (κ2) is 6.49. The molecule has 1 rings (SSSR count). The Hall–Kier alpha value is -2.08. The van der Waals surface area contributed by atoms with Crippen LogP contribution in [-0.2, 0) is 4.74 Å². The zero-order valence-corrected chi connectivity index (χ0v) is 9.40. The minimum atomic E-state index is -0.999. The Morgan fingerprint density at radius 3 is 2.47 bits per heavy atom. The fourth-order valence-electron chi connectivity index (χ4n) is 1.14. The Bertz CT molecular complexity index is 389. The van der Waals surface area contributed by atoms with Crippen LogP contribution in [-0.4, -0.2) is 37.4 Å². The molecule has 0 aromatic heterocycles. The number of ether oxygens (including phenoxy) is 1. The molecule has 0 atom stereocenters. The average molecular weight is 238 g/mol. The van der Waals surface area contributed by atoms with Crippen LogP contribution in [0.4, 0.5) is 10.5 Å². The number of hydrogen-bond acceptors (Lipinski definition) is 3. The first kappa shape index (κ1) is 13.0. The number of carboxylic acids is 1. The second-order valence-electron chi connectivity index (χ2n) is 3.26. The molecule has 0 aliphatic heterocycles. The number of methoxy groups -OCH3 is 1. The lowest BCUT2D eigenvalue weighted by molar-refractivity contribution is 0.0697. The number of rotatable bonds is 5. The third kappa shape index (κ3) is 4.52. The zero-order chi connectivity index (χ0) is 12.7. The van der Waals surface area contributed by atoms with Gasteiger partial charge in [-0.2, -0.15) is 0 Å². The third-order valence-electron chi connectivity index (χ3n) is 1.98. The lowest BCUT2D eigenvalue weighted by Crippen LogP contribution is -2.31. The Labute approximate surface area is 98.6 Å². The predicted molar refractivity (Wildman–Crippen MR) is 62.3 cm³/mol. The van der Waals surface area contributed by atoms with Crippen molar-refractivity contribution >= 4 is 17.7 Å². The van der Waals surface area contributed by atoms with Gasteiger partial charge in [-0.3, -0.25) is 0 Å². The van der Waals surface area contributed by atoms with Gasteiger partial charge in [0.2, 0.25) is 0 Å². The number of hydrogen-bond donors (Lipinski definition) is 3. The van der Waals surface area contributed by atoms with Crippen LogP contribution < -0.4 is 10.6 Å². The number of amides is 2. The summed E-state index contributed by atoms with van der Waals surface area (Å²) in [5, 5.41) is 13.8. The number of anilines is 1. The Balaban J connectivity index is 2.46. The van der Waals surface area contributed by atoms with Gasteiger partial charge in [0.05, 0.1) is 12.2 Å². The summed E-state index contributed by atoms with van der Waals surface area (Å²) in [4.78, 5) is 21.9. The fraction of sp³-hybridized carbons (Fsp3) is 0.273. The number of urea groups is 1. The molecule has 0 bridgehead atoms. The molecular formula is C11H14N2O4. The second-order valence-corrected chi connectivity index (χ2v) is 3.26. The molecule has 6 heteroatoms. The van der Waals surface area contributed by atoms with Gasteiger partial charge in [-0.15, -0.1) is 0 Å². The van der Waals surface area contributed by atoms with Crippen molar-refractivity contribution in [2.75, 3.05) is 25.6 Å². The van der Waals surface area contributed by atoms with Gasteiger partial charge < -0.3 is 20.5 Å². The standard InChI is InChI=1S/C11H14N2O4/c1-17-7-6-12-11(16)13-9-4-2-8(3-5-9)10(14)15/h2-5H,6-7H2,1H3,(H,14,15)(H2,12,13,16). The largest absolute Gasteiger partial charge is 0.478 e. The van der Waals surface area contributed by atoms with Crippen molar-refractivity contribution in [3.63, 3.8) is 0 Å². The summed E-state index contributed by atoms with van der Waals surface area (Å²) >= 11 is 0. The molecule has 0 saturated carbocycles. The van der Waals surface area contributed by atoms with E-state index in [9.17, 15) is 9.59 Å². The Morgan fingerprint density at radius 2 is 1.94 bits per heavy atom. The lowest BCUT2D eigenvalue weighted by atomic mass is 10.2. The van der Waals surface area contributed by atoms with Gasteiger partial charge in [0.1, 0.15) is 0 Å². The summed E-state index contributed by atoms with van der Waals surface area (Å²) in [5.41, 5.74) is 0.709. The highest BCUT2D eigenvalue weighted by Gasteiger charge is 2.03. The van der Waals surface area contributed by atoms with E-state index in [1.165, 1.54) is 24.3 Å². The van der Waals surface area contributed by atoms with E-state index in [4.69, 9.17) is 9.84 Å². The van der Waals surface area contributed by atoms with Gasteiger partial charge in [0.15, 0.2) is 0 Å². The first-order valence-corrected chi connectivity index (χ1v) is 5.00. The van der Waals surface area contributed by atoms with E-state index in [2.05, 4.69) is 10.6 Å². The molecule has 0 saturated heterocycles. The molecule has 17 heavy (non-hydrogen) atoms. The summed E-state index contributed by atoms with van der Waals surface area (Å²) in [6.45, 7) is 0.848. The smallest absolute Gasteiger partial charge is 0.335 e. The van der Waals surface area contributed by atoms with Gasteiger partial charge in [-0.25, -0.2) is 9.59 Å². The normalized spacial score (nSPS) is 9.71. The van der Waals surface area contributed by atoms with E-state index in [-0.39, 0.29) is 11.6 Å². The molecule has 2 amide bonds. The highest BCUT2D eigenvalue weighted by molar-refractivity contribution is 5.91. The van der Waals surface area contributed by atoms with E-state index < -0.39 is 5.97 Å². The first-order valence-electron chi connectivity index (χ1n) is 5.00. The van der Waals surface area contributed by atoms with Gasteiger partial charge in [0.25, 0.3) is 0 Å². The van der Waals surface area contributed by atoms with E-state index in [0.717, 1.165) is 0 Å². The van der Waals surface area contributed by atoms with Gasteiger partial charge in [0, 0.05) is 19.3 Å². The molecule has 0 heterocycles. The molecule has 0 spiro atoms. The molecule has 0 radical (unpaired) electrons. The van der Waals surface area contributed by atoms with E-state index in [1.807, 2.05) is 0 Å². The molecular weight excluding hydrogens is 224 g/mol. The molecule has 1 aromatic carbocycles. The zero-order valence-electron chi connectivity index (χ0n) is 9.40. The molecule has 0 aliphatic rings. The summed E-state index contributed by atoms with van der Waals surface area (Å²) in [6.07, 6.45) is 0. The van der Waals surface area contributed by atoms with Gasteiger partial charge in [-0.1, -0.05) is 0 Å². The van der Waals surface area contributed by atoms with Crippen molar-refractivity contribution in [1.82, 2.24) is 5.32 Å². The maximum atomic E-state index is 11.3. The average Bonchev–Trinajstić information content (AvgIpc) is 2.30. The highest BCUT2D eigenvalue weighted by atomic mass is 16.5. The number of aromatic carboxylic acids is 1. The number of nitrogens with one attached hydrogen (secondary N) is 2. The SMILES string of the molecule is COCCNC(=O)Nc1ccc(C(=O)O)cc1. The van der Waals surface area contributed by atoms with E-state index >= 15 is 0 Å². The molecule has 0 fully saturated rings. The lowest BCUT2D eigenvalue weighted by Gasteiger charge is -2.07. The van der Waals surface area contributed by atoms with Crippen LogP contribution in [0, 0.1) is 0 Å². The molecule has 0 unspecified atom stereocenters. The van der Waals surface area contributed by atoms with Gasteiger partial charge in [-0.05, 0) is 24.3 Å². The Kier molecular flexibility index (Phi) is 4.96. The van der Waals surface area contributed by atoms with Crippen LogP contribution >= 0.6 is 0 Å². The van der Waals surface area contributed by atoms with Gasteiger partial charge >= 0.3 is 12.0 Å². The summed E-state index contributed by atoms with van der Waals surface area (Å²) in [6, 6.07) is 5.55. The summed E-state index contributed by atoms with van der Waals surface area (Å²) in [7, 11) is 1.55. The monoisotopic (exact) mass is 238 g/mol. The van der Waals surface area contributed by atoms with Crippen molar-refractivity contribution in [3.05, 3.63) is 29.8 Å². The van der Waals surface area contributed by atoms with Crippen LogP contribution in [0.5, 0.6) is 0 Å². The number of benzene rings is 1. The fourth-order valence-corrected chi connectivity index (χ4v) is 1.14. The van der Waals surface area contributed by atoms with Crippen molar-refractivity contribution in [2.45, 2.75) is 0 Å². The van der Waals surface area contributed by atoms with Crippen molar-refractivity contribution in [3.8, 4) is 0 Å². The quantitative estimate of drug-likeness (QED) is 0.671. The maximum Gasteiger partial charge on any atom is 0.335 e. The minimum Gasteiger partial charge on any atom is -0.478 e. The predicted octanol–water partition coefficient (Wildman–Crippen LogP) is 1.15. The van der Waals surface area contributed by atoms with Crippen molar-refractivity contribution in [1.29, 1.82) is 0 Å². The summed E-state index contributed by atoms with van der Waals surface area (Å²) in [5.74, 6) is -0.999. The third-order valence-corrected chi connectivity index (χ3v) is 1.98. The number of carbonyl (C=O) groups excluding carboxylic acids is 1. The Morgan fingerprint density at radius 1 is 1.29 bits per heavy atom. The van der Waals surface area contributed by atoms with Crippen LogP contribution in [0.2, 0.25) is 0 Å². The molecule has 92 valence electrons. The van der Waals surface area contributed by atoms with Crippen LogP contribution in [0.15, 0.2) is 24.3 Å².